The number of nitrogens with one attached hydrogen (secondary N) is 1. The number of rotatable bonds is 5. The van der Waals surface area contributed by atoms with Crippen LogP contribution in [0.25, 0.3) is 0 Å². The molecule has 1 fully saturated rings. The van der Waals surface area contributed by atoms with Crippen LogP contribution in [-0.4, -0.2) is 35.9 Å². The summed E-state index contributed by atoms with van der Waals surface area (Å²) in [6.45, 7) is 8.43. The molecule has 4 heteroatoms. The molecule has 0 aromatic carbocycles. The fourth-order valence-corrected chi connectivity index (χ4v) is 2.45. The lowest BCUT2D eigenvalue weighted by molar-refractivity contribution is -0.127. The molecular weight excluding hydrogens is 218 g/mol. The van der Waals surface area contributed by atoms with Gasteiger partial charge in [0, 0.05) is 6.54 Å². The fraction of sp³-hybridized carbons (Fsp3) is 0.923. The van der Waals surface area contributed by atoms with E-state index in [9.17, 15) is 4.79 Å². The lowest BCUT2D eigenvalue weighted by Gasteiger charge is -2.18. The van der Waals surface area contributed by atoms with Crippen LogP contribution in [0, 0.1) is 11.8 Å². The van der Waals surface area contributed by atoms with Crippen LogP contribution >= 0.6 is 0 Å². The van der Waals surface area contributed by atoms with E-state index in [-0.39, 0.29) is 36.1 Å². The largest absolute Gasteiger partial charge is 0.393 e. The number of aliphatic hydroxyl groups excluding tert-OH is 1. The first kappa shape index (κ1) is 14.5. The minimum Gasteiger partial charge on any atom is -0.393 e. The zero-order chi connectivity index (χ0) is 13.0. The number of hydrogen-bond acceptors (Lipinski definition) is 3. The number of amides is 1. The van der Waals surface area contributed by atoms with Gasteiger partial charge in [-0.05, 0) is 39.5 Å². The van der Waals surface area contributed by atoms with Gasteiger partial charge in [-0.2, -0.15) is 0 Å². The molecule has 1 amide bonds. The van der Waals surface area contributed by atoms with Gasteiger partial charge < -0.3 is 15.2 Å². The Labute approximate surface area is 104 Å². The molecule has 0 aliphatic carbocycles. The smallest absolute Gasteiger partial charge is 0.226 e. The first-order valence-corrected chi connectivity index (χ1v) is 6.54. The van der Waals surface area contributed by atoms with Crippen LogP contribution in [0.2, 0.25) is 0 Å². The van der Waals surface area contributed by atoms with Crippen molar-refractivity contribution in [2.24, 2.45) is 11.8 Å². The lowest BCUT2D eigenvalue weighted by atomic mass is 9.89. The van der Waals surface area contributed by atoms with Crippen molar-refractivity contribution in [1.82, 2.24) is 5.32 Å². The summed E-state index contributed by atoms with van der Waals surface area (Å²) in [6.07, 6.45) is 1.40. The second-order valence-electron chi connectivity index (χ2n) is 5.21. The van der Waals surface area contributed by atoms with Gasteiger partial charge in [0.1, 0.15) is 0 Å². The van der Waals surface area contributed by atoms with E-state index >= 15 is 0 Å². The highest BCUT2D eigenvalue weighted by Crippen LogP contribution is 2.32. The van der Waals surface area contributed by atoms with Gasteiger partial charge in [0.2, 0.25) is 5.91 Å². The summed E-state index contributed by atoms with van der Waals surface area (Å²) in [5.74, 6) is 0.304. The second-order valence-corrected chi connectivity index (χ2v) is 5.21. The van der Waals surface area contributed by atoms with Gasteiger partial charge in [-0.25, -0.2) is 0 Å². The Balaban J connectivity index is 2.32. The quantitative estimate of drug-likeness (QED) is 0.716. The SMILES string of the molecule is CC(O)CCCNC(=O)C1C(C)OC(C)C1C. The molecule has 100 valence electrons. The molecule has 0 aromatic rings. The molecule has 1 aliphatic rings. The van der Waals surface area contributed by atoms with Crippen molar-refractivity contribution in [2.75, 3.05) is 6.54 Å². The molecule has 0 radical (unpaired) electrons. The highest BCUT2D eigenvalue weighted by molar-refractivity contribution is 5.79. The Bertz CT molecular complexity index is 255. The third-order valence-electron chi connectivity index (χ3n) is 3.64. The van der Waals surface area contributed by atoms with Crippen LogP contribution in [0.15, 0.2) is 0 Å². The molecule has 1 rings (SSSR count). The molecule has 0 bridgehead atoms. The predicted octanol–water partition coefficient (Wildman–Crippen LogP) is 1.32. The Morgan fingerprint density at radius 3 is 2.47 bits per heavy atom. The molecule has 0 spiro atoms. The minimum atomic E-state index is -0.292. The molecule has 0 aromatic heterocycles. The van der Waals surface area contributed by atoms with E-state index in [0.717, 1.165) is 12.8 Å². The standard InChI is InChI=1S/C13H25NO3/c1-8(15)6-5-7-14-13(16)12-9(2)10(3)17-11(12)4/h8-12,15H,5-7H2,1-4H3,(H,14,16). The van der Waals surface area contributed by atoms with Crippen molar-refractivity contribution in [1.29, 1.82) is 0 Å². The summed E-state index contributed by atoms with van der Waals surface area (Å²) in [5, 5.41) is 12.0. The summed E-state index contributed by atoms with van der Waals surface area (Å²) >= 11 is 0. The van der Waals surface area contributed by atoms with Crippen molar-refractivity contribution in [3.05, 3.63) is 0 Å². The van der Waals surface area contributed by atoms with E-state index in [4.69, 9.17) is 9.84 Å². The van der Waals surface area contributed by atoms with Crippen LogP contribution in [-0.2, 0) is 9.53 Å². The maximum Gasteiger partial charge on any atom is 0.226 e. The Morgan fingerprint density at radius 2 is 2.00 bits per heavy atom. The van der Waals surface area contributed by atoms with E-state index in [0.29, 0.717) is 6.54 Å². The number of carbonyl (C=O) groups is 1. The molecule has 1 aliphatic heterocycles. The minimum absolute atomic E-state index is 0.00299. The first-order chi connectivity index (χ1) is 7.93. The van der Waals surface area contributed by atoms with Gasteiger partial charge in [0.25, 0.3) is 0 Å². The van der Waals surface area contributed by atoms with E-state index in [1.807, 2.05) is 13.8 Å². The van der Waals surface area contributed by atoms with Crippen LogP contribution < -0.4 is 5.32 Å². The average molecular weight is 243 g/mol. The third kappa shape index (κ3) is 3.96. The lowest BCUT2D eigenvalue weighted by Crippen LogP contribution is -2.37. The predicted molar refractivity (Wildman–Crippen MR) is 66.6 cm³/mol. The Morgan fingerprint density at radius 1 is 1.35 bits per heavy atom. The normalized spacial score (nSPS) is 34.6. The zero-order valence-corrected chi connectivity index (χ0v) is 11.3. The molecule has 5 unspecified atom stereocenters. The highest BCUT2D eigenvalue weighted by atomic mass is 16.5. The molecule has 4 nitrogen and oxygen atoms in total. The molecule has 0 saturated carbocycles. The van der Waals surface area contributed by atoms with Crippen molar-refractivity contribution < 1.29 is 14.6 Å². The molecular formula is C13H25NO3. The molecule has 2 N–H and O–H groups in total. The van der Waals surface area contributed by atoms with Crippen molar-refractivity contribution in [3.63, 3.8) is 0 Å². The zero-order valence-electron chi connectivity index (χ0n) is 11.3. The Kier molecular flexibility index (Phi) is 5.40. The summed E-state index contributed by atoms with van der Waals surface area (Å²) in [7, 11) is 0. The molecule has 1 heterocycles. The summed E-state index contributed by atoms with van der Waals surface area (Å²) in [4.78, 5) is 12.0. The Hall–Kier alpha value is -0.610. The van der Waals surface area contributed by atoms with E-state index in [1.165, 1.54) is 0 Å². The van der Waals surface area contributed by atoms with E-state index in [1.54, 1.807) is 6.92 Å². The van der Waals surface area contributed by atoms with Crippen LogP contribution in [0.5, 0.6) is 0 Å². The van der Waals surface area contributed by atoms with Gasteiger partial charge >= 0.3 is 0 Å². The topological polar surface area (TPSA) is 58.6 Å². The number of hydrogen-bond donors (Lipinski definition) is 2. The molecule has 5 atom stereocenters. The van der Waals surface area contributed by atoms with Gasteiger partial charge in [-0.15, -0.1) is 0 Å². The first-order valence-electron chi connectivity index (χ1n) is 6.54. The van der Waals surface area contributed by atoms with Crippen molar-refractivity contribution in [3.8, 4) is 0 Å². The van der Waals surface area contributed by atoms with E-state index < -0.39 is 0 Å². The average Bonchev–Trinajstić information content (AvgIpc) is 2.48. The summed E-state index contributed by atoms with van der Waals surface area (Å²) < 4.78 is 5.65. The van der Waals surface area contributed by atoms with Crippen molar-refractivity contribution in [2.45, 2.75) is 58.8 Å². The van der Waals surface area contributed by atoms with E-state index in [2.05, 4.69) is 12.2 Å². The molecule has 17 heavy (non-hydrogen) atoms. The number of carbonyl (C=O) groups excluding carboxylic acids is 1. The monoisotopic (exact) mass is 243 g/mol. The number of aliphatic hydroxyl groups is 1. The highest BCUT2D eigenvalue weighted by Gasteiger charge is 2.41. The maximum absolute atomic E-state index is 12.0. The fourth-order valence-electron chi connectivity index (χ4n) is 2.45. The van der Waals surface area contributed by atoms with Gasteiger partial charge in [-0.1, -0.05) is 6.92 Å². The second kappa shape index (κ2) is 6.36. The van der Waals surface area contributed by atoms with Crippen LogP contribution in [0.3, 0.4) is 0 Å². The van der Waals surface area contributed by atoms with Crippen LogP contribution in [0.1, 0.15) is 40.5 Å². The van der Waals surface area contributed by atoms with Gasteiger partial charge in [0.05, 0.1) is 24.2 Å². The number of ether oxygens (including phenoxy) is 1. The third-order valence-corrected chi connectivity index (χ3v) is 3.64. The maximum atomic E-state index is 12.0. The summed E-state index contributed by atoms with van der Waals surface area (Å²) in [6, 6.07) is 0. The van der Waals surface area contributed by atoms with Gasteiger partial charge in [0.15, 0.2) is 0 Å². The molecule has 1 saturated heterocycles. The van der Waals surface area contributed by atoms with Crippen molar-refractivity contribution >= 4 is 5.91 Å². The summed E-state index contributed by atoms with van der Waals surface area (Å²) in [5.41, 5.74) is 0. The van der Waals surface area contributed by atoms with Gasteiger partial charge in [-0.3, -0.25) is 4.79 Å². The van der Waals surface area contributed by atoms with Crippen LogP contribution in [0.4, 0.5) is 0 Å².